The van der Waals surface area contributed by atoms with Crippen molar-refractivity contribution in [2.75, 3.05) is 12.5 Å². The van der Waals surface area contributed by atoms with E-state index < -0.39 is 5.91 Å². The highest BCUT2D eigenvalue weighted by Crippen LogP contribution is 2.15. The van der Waals surface area contributed by atoms with E-state index in [0.717, 1.165) is 20.5 Å². The van der Waals surface area contributed by atoms with Crippen LogP contribution in [0, 0.1) is 6.92 Å². The first-order chi connectivity index (χ1) is 12.5. The number of benzene rings is 2. The van der Waals surface area contributed by atoms with Gasteiger partial charge in [-0.15, -0.1) is 0 Å². The summed E-state index contributed by atoms with van der Waals surface area (Å²) < 4.78 is 7.01. The number of ether oxygens (including phenoxy) is 1. The number of aryl methyl sites for hydroxylation is 1. The Labute approximate surface area is 158 Å². The number of methoxy groups -OCH3 is 1. The normalized spacial score (nSPS) is 11.0. The molecule has 1 aromatic heterocycles. The Bertz CT molecular complexity index is 1060. The summed E-state index contributed by atoms with van der Waals surface area (Å²) in [6.45, 7) is 1.66. The minimum atomic E-state index is -0.429. The van der Waals surface area contributed by atoms with Gasteiger partial charge in [0, 0.05) is 10.5 Å². The van der Waals surface area contributed by atoms with Crippen LogP contribution in [0.5, 0.6) is 5.75 Å². The molecule has 0 unspecified atom stereocenters. The van der Waals surface area contributed by atoms with Crippen LogP contribution in [0.2, 0.25) is 0 Å². The van der Waals surface area contributed by atoms with E-state index in [0.29, 0.717) is 16.7 Å². The Balaban J connectivity index is 1.84. The summed E-state index contributed by atoms with van der Waals surface area (Å²) in [5.74, 6) is 0.709. The molecule has 2 aromatic carbocycles. The summed E-state index contributed by atoms with van der Waals surface area (Å²) >= 11 is 3.34. The predicted molar refractivity (Wildman–Crippen MR) is 105 cm³/mol. The van der Waals surface area contributed by atoms with Crippen LogP contribution in [0.15, 0.2) is 57.8 Å². The van der Waals surface area contributed by atoms with Crippen LogP contribution >= 0.6 is 15.9 Å². The molecule has 7 heteroatoms. The number of hydrogen-bond acceptors (Lipinski definition) is 4. The minimum absolute atomic E-state index is 0.333. The molecule has 6 nitrogen and oxygen atoms in total. The van der Waals surface area contributed by atoms with Crippen molar-refractivity contribution < 1.29 is 9.53 Å². The summed E-state index contributed by atoms with van der Waals surface area (Å²) in [6.07, 6.45) is 3.01. The molecule has 0 aliphatic rings. The summed E-state index contributed by atoms with van der Waals surface area (Å²) in [4.78, 5) is 29.2. The predicted octanol–water partition coefficient (Wildman–Crippen LogP) is 3.26. The number of fused-ring (bicyclic) bond motifs is 1. The lowest BCUT2D eigenvalue weighted by Gasteiger charge is -2.10. The molecule has 3 aromatic rings. The maximum atomic E-state index is 12.6. The lowest BCUT2D eigenvalue weighted by Crippen LogP contribution is -2.34. The smallest absolute Gasteiger partial charge is 0.280 e. The summed E-state index contributed by atoms with van der Waals surface area (Å²) in [5.41, 5.74) is 3.64. The van der Waals surface area contributed by atoms with Gasteiger partial charge in [0.2, 0.25) is 0 Å². The number of nitrogens with zero attached hydrogens (tertiary/aromatic N) is 2. The van der Waals surface area contributed by atoms with Crippen molar-refractivity contribution in [3.05, 3.63) is 74.8 Å². The highest BCUT2D eigenvalue weighted by atomic mass is 79.9. The van der Waals surface area contributed by atoms with Gasteiger partial charge in [0.25, 0.3) is 11.5 Å². The van der Waals surface area contributed by atoms with Gasteiger partial charge in [-0.1, -0.05) is 28.1 Å². The van der Waals surface area contributed by atoms with Crippen molar-refractivity contribution >= 4 is 38.8 Å². The fourth-order valence-electron chi connectivity index (χ4n) is 2.43. The SMILES string of the molecule is COc1ccc(/C=C/C(=O)Nn2c(C)nc3ccc(Br)cc3c2=O)cc1. The second-order valence-corrected chi connectivity index (χ2v) is 6.46. The Morgan fingerprint density at radius 1 is 1.23 bits per heavy atom. The van der Waals surface area contributed by atoms with Crippen LogP contribution in [0.25, 0.3) is 17.0 Å². The molecule has 0 spiro atoms. The second-order valence-electron chi connectivity index (χ2n) is 5.54. The topological polar surface area (TPSA) is 73.2 Å². The van der Waals surface area contributed by atoms with E-state index in [-0.39, 0.29) is 5.56 Å². The number of nitrogens with one attached hydrogen (secondary N) is 1. The van der Waals surface area contributed by atoms with Gasteiger partial charge in [0.15, 0.2) is 0 Å². The molecule has 1 N–H and O–H groups in total. The van der Waals surface area contributed by atoms with Gasteiger partial charge < -0.3 is 4.74 Å². The van der Waals surface area contributed by atoms with Gasteiger partial charge in [-0.05, 0) is 48.9 Å². The van der Waals surface area contributed by atoms with E-state index in [1.165, 1.54) is 6.08 Å². The average Bonchev–Trinajstić information content (AvgIpc) is 2.64. The highest BCUT2D eigenvalue weighted by molar-refractivity contribution is 9.10. The Hall–Kier alpha value is -2.93. The van der Waals surface area contributed by atoms with Crippen molar-refractivity contribution in [1.29, 1.82) is 0 Å². The zero-order valence-corrected chi connectivity index (χ0v) is 15.8. The molecule has 132 valence electrons. The molecule has 3 rings (SSSR count). The molecule has 0 fully saturated rings. The molecule has 0 atom stereocenters. The van der Waals surface area contributed by atoms with Crippen molar-refractivity contribution in [1.82, 2.24) is 9.66 Å². The minimum Gasteiger partial charge on any atom is -0.497 e. The third-order valence-electron chi connectivity index (χ3n) is 3.76. The third-order valence-corrected chi connectivity index (χ3v) is 4.26. The number of aromatic nitrogens is 2. The van der Waals surface area contributed by atoms with Crippen molar-refractivity contribution in [3.8, 4) is 5.75 Å². The molecular formula is C19H16BrN3O3. The van der Waals surface area contributed by atoms with Gasteiger partial charge in [-0.25, -0.2) is 9.66 Å². The zero-order valence-electron chi connectivity index (χ0n) is 14.2. The first kappa shape index (κ1) is 17.9. The Kier molecular flexibility index (Phi) is 5.18. The third kappa shape index (κ3) is 3.83. The van der Waals surface area contributed by atoms with Gasteiger partial charge in [-0.2, -0.15) is 0 Å². The average molecular weight is 414 g/mol. The molecule has 26 heavy (non-hydrogen) atoms. The van der Waals surface area contributed by atoms with Crippen molar-refractivity contribution in [2.24, 2.45) is 0 Å². The van der Waals surface area contributed by atoms with Gasteiger partial charge in [-0.3, -0.25) is 15.0 Å². The number of rotatable bonds is 4. The number of carbonyl (C=O) groups excluding carboxylic acids is 1. The molecule has 0 aliphatic carbocycles. The molecule has 1 amide bonds. The van der Waals surface area contributed by atoms with Crippen molar-refractivity contribution in [3.63, 3.8) is 0 Å². The molecule has 0 saturated heterocycles. The van der Waals surface area contributed by atoms with E-state index in [9.17, 15) is 9.59 Å². The summed E-state index contributed by atoms with van der Waals surface area (Å²) in [6, 6.07) is 12.5. The monoisotopic (exact) mass is 413 g/mol. The van der Waals surface area contributed by atoms with E-state index in [1.807, 2.05) is 18.2 Å². The van der Waals surface area contributed by atoms with E-state index >= 15 is 0 Å². The summed E-state index contributed by atoms with van der Waals surface area (Å²) in [5, 5.41) is 0.421. The fraction of sp³-hybridized carbons (Fsp3) is 0.105. The van der Waals surface area contributed by atoms with E-state index in [1.54, 1.807) is 44.4 Å². The zero-order chi connectivity index (χ0) is 18.7. The number of hydrogen-bond donors (Lipinski definition) is 1. The maximum Gasteiger partial charge on any atom is 0.280 e. The highest BCUT2D eigenvalue weighted by Gasteiger charge is 2.10. The van der Waals surface area contributed by atoms with Gasteiger partial charge >= 0.3 is 0 Å². The molecule has 0 radical (unpaired) electrons. The first-order valence-corrected chi connectivity index (χ1v) is 8.59. The van der Waals surface area contributed by atoms with Crippen LogP contribution in [-0.4, -0.2) is 22.7 Å². The largest absolute Gasteiger partial charge is 0.497 e. The van der Waals surface area contributed by atoms with Gasteiger partial charge in [0.05, 0.1) is 18.0 Å². The van der Waals surface area contributed by atoms with E-state index in [2.05, 4.69) is 26.3 Å². The fourth-order valence-corrected chi connectivity index (χ4v) is 2.80. The number of carbonyl (C=O) groups is 1. The molecule has 0 bridgehead atoms. The summed E-state index contributed by atoms with van der Waals surface area (Å²) in [7, 11) is 1.59. The van der Waals surface area contributed by atoms with Crippen LogP contribution in [0.1, 0.15) is 11.4 Å². The van der Waals surface area contributed by atoms with Crippen LogP contribution in [-0.2, 0) is 4.79 Å². The first-order valence-electron chi connectivity index (χ1n) is 7.80. The molecule has 1 heterocycles. The van der Waals surface area contributed by atoms with Crippen molar-refractivity contribution in [2.45, 2.75) is 6.92 Å². The van der Waals surface area contributed by atoms with Gasteiger partial charge in [0.1, 0.15) is 11.6 Å². The lowest BCUT2D eigenvalue weighted by atomic mass is 10.2. The van der Waals surface area contributed by atoms with Crippen LogP contribution in [0.3, 0.4) is 0 Å². The van der Waals surface area contributed by atoms with Crippen LogP contribution in [0.4, 0.5) is 0 Å². The standard InChI is InChI=1S/C19H16BrN3O3/c1-12-21-17-9-6-14(20)11-16(17)19(25)23(12)22-18(24)10-5-13-3-7-15(26-2)8-4-13/h3-11H,1-2H3,(H,22,24)/b10-5+. The lowest BCUT2D eigenvalue weighted by molar-refractivity contribution is -0.112. The Morgan fingerprint density at radius 3 is 2.65 bits per heavy atom. The second kappa shape index (κ2) is 7.53. The molecule has 0 aliphatic heterocycles. The molecular weight excluding hydrogens is 398 g/mol. The number of amides is 1. The maximum absolute atomic E-state index is 12.6. The number of halogens is 1. The Morgan fingerprint density at radius 2 is 1.96 bits per heavy atom. The van der Waals surface area contributed by atoms with E-state index in [4.69, 9.17) is 4.74 Å². The molecule has 0 saturated carbocycles. The quantitative estimate of drug-likeness (QED) is 0.666. The van der Waals surface area contributed by atoms with Crippen LogP contribution < -0.4 is 15.7 Å².